The Hall–Kier alpha value is -0.690. The predicted molar refractivity (Wildman–Crippen MR) is 40.7 cm³/mol. The van der Waals surface area contributed by atoms with E-state index in [-0.39, 0.29) is 12.4 Å². The number of benzene rings is 1. The number of hydrogen-bond donors (Lipinski definition) is 1. The van der Waals surface area contributed by atoms with Gasteiger partial charge in [0, 0.05) is 12.7 Å². The molecule has 0 amide bonds. The molecule has 0 radical (unpaired) electrons. The summed E-state index contributed by atoms with van der Waals surface area (Å²) in [5, 5.41) is 3.07. The van der Waals surface area contributed by atoms with Crippen LogP contribution in [0, 0.1) is 6.92 Å². The molecule has 0 aliphatic rings. The molecule has 1 aromatic carbocycles. The first-order valence-electron chi connectivity index (χ1n) is 3.07. The van der Waals surface area contributed by atoms with Gasteiger partial charge < -0.3 is 17.7 Å². The van der Waals surface area contributed by atoms with Crippen molar-refractivity contribution < 1.29 is 12.4 Å². The smallest absolute Gasteiger partial charge is 0.0340 e. The van der Waals surface area contributed by atoms with Gasteiger partial charge in [-0.2, -0.15) is 0 Å². The summed E-state index contributed by atoms with van der Waals surface area (Å²) in [6.07, 6.45) is 0. The molecule has 56 valence electrons. The van der Waals surface area contributed by atoms with Crippen molar-refractivity contribution in [3.8, 4) is 0 Å². The topological polar surface area (TPSA) is 12.0 Å². The first-order valence-corrected chi connectivity index (χ1v) is 3.07. The van der Waals surface area contributed by atoms with Gasteiger partial charge in [0.25, 0.3) is 0 Å². The molecule has 0 atom stereocenters. The van der Waals surface area contributed by atoms with Crippen molar-refractivity contribution in [2.45, 2.75) is 6.92 Å². The lowest BCUT2D eigenvalue weighted by atomic mass is 10.2. The molecule has 2 heteroatoms. The summed E-state index contributed by atoms with van der Waals surface area (Å²) in [5.74, 6) is 0. The number of anilines is 1. The van der Waals surface area contributed by atoms with E-state index in [1.54, 1.807) is 0 Å². The number of halogens is 1. The molecule has 0 heterocycles. The Kier molecular flexibility index (Phi) is 3.89. The summed E-state index contributed by atoms with van der Waals surface area (Å²) in [5.41, 5.74) is 2.47. The van der Waals surface area contributed by atoms with Crippen molar-refractivity contribution >= 4 is 5.69 Å². The van der Waals surface area contributed by atoms with Gasteiger partial charge in [-0.15, -0.1) is 0 Å². The van der Waals surface area contributed by atoms with Crippen molar-refractivity contribution in [1.82, 2.24) is 0 Å². The zero-order valence-electron chi connectivity index (χ0n) is 6.19. The second-order valence-corrected chi connectivity index (χ2v) is 2.12. The van der Waals surface area contributed by atoms with Crippen LogP contribution >= 0.6 is 0 Å². The van der Waals surface area contributed by atoms with E-state index in [4.69, 9.17) is 0 Å². The van der Waals surface area contributed by atoms with Crippen molar-refractivity contribution in [2.24, 2.45) is 0 Å². The first-order chi connectivity index (χ1) is 4.33. The molecule has 0 aliphatic carbocycles. The van der Waals surface area contributed by atoms with E-state index in [1.165, 1.54) is 11.3 Å². The summed E-state index contributed by atoms with van der Waals surface area (Å²) in [4.78, 5) is 0. The fourth-order valence-corrected chi connectivity index (χ4v) is 0.801. The third kappa shape index (κ3) is 2.28. The average Bonchev–Trinajstić information content (AvgIpc) is 1.88. The SMILES string of the molecule is CNc1cccc(C)c1.[Cl-]. The molecule has 1 N–H and O–H groups in total. The Morgan fingerprint density at radius 3 is 2.40 bits per heavy atom. The van der Waals surface area contributed by atoms with E-state index in [1.807, 2.05) is 19.2 Å². The molecule has 0 aromatic heterocycles. The van der Waals surface area contributed by atoms with Gasteiger partial charge in [-0.1, -0.05) is 12.1 Å². The summed E-state index contributed by atoms with van der Waals surface area (Å²) < 4.78 is 0. The molecule has 0 bridgehead atoms. The lowest BCUT2D eigenvalue weighted by molar-refractivity contribution is -0.00000194. The Balaban J connectivity index is 0.000000810. The largest absolute Gasteiger partial charge is 1.00 e. The monoisotopic (exact) mass is 156 g/mol. The van der Waals surface area contributed by atoms with Gasteiger partial charge in [-0.05, 0) is 24.6 Å². The molecule has 0 fully saturated rings. The number of rotatable bonds is 1. The third-order valence-electron chi connectivity index (χ3n) is 1.31. The highest BCUT2D eigenvalue weighted by atomic mass is 35.5. The molecular formula is C8H11ClN-. The molecule has 10 heavy (non-hydrogen) atoms. The molecule has 0 saturated carbocycles. The Morgan fingerprint density at radius 1 is 1.30 bits per heavy atom. The van der Waals surface area contributed by atoms with E-state index in [0.29, 0.717) is 0 Å². The summed E-state index contributed by atoms with van der Waals surface area (Å²) in [7, 11) is 1.93. The molecular weight excluding hydrogens is 146 g/mol. The maximum absolute atomic E-state index is 3.07. The molecule has 1 aromatic rings. The van der Waals surface area contributed by atoms with Gasteiger partial charge in [0.2, 0.25) is 0 Å². The number of hydrogen-bond acceptors (Lipinski definition) is 1. The lowest BCUT2D eigenvalue weighted by Gasteiger charge is -1.98. The van der Waals surface area contributed by atoms with E-state index >= 15 is 0 Å². The lowest BCUT2D eigenvalue weighted by Crippen LogP contribution is -3.00. The maximum Gasteiger partial charge on any atom is 0.0340 e. The van der Waals surface area contributed by atoms with Gasteiger partial charge in [0.15, 0.2) is 0 Å². The van der Waals surface area contributed by atoms with Crippen molar-refractivity contribution in [3.05, 3.63) is 29.8 Å². The third-order valence-corrected chi connectivity index (χ3v) is 1.31. The highest BCUT2D eigenvalue weighted by Crippen LogP contribution is 2.07. The standard InChI is InChI=1S/C8H11N.ClH/c1-7-4-3-5-8(6-7)9-2;/h3-6,9H,1-2H3;1H/p-1. The summed E-state index contributed by atoms with van der Waals surface area (Å²) in [6, 6.07) is 8.29. The van der Waals surface area contributed by atoms with Gasteiger partial charge >= 0.3 is 0 Å². The zero-order valence-corrected chi connectivity index (χ0v) is 6.94. The molecule has 0 unspecified atom stereocenters. The van der Waals surface area contributed by atoms with Crippen LogP contribution in [-0.4, -0.2) is 7.05 Å². The van der Waals surface area contributed by atoms with Crippen LogP contribution in [-0.2, 0) is 0 Å². The highest BCUT2D eigenvalue weighted by molar-refractivity contribution is 5.44. The molecule has 1 rings (SSSR count). The fourth-order valence-electron chi connectivity index (χ4n) is 0.801. The van der Waals surface area contributed by atoms with Crippen molar-refractivity contribution in [3.63, 3.8) is 0 Å². The fraction of sp³-hybridized carbons (Fsp3) is 0.250. The highest BCUT2D eigenvalue weighted by Gasteiger charge is 1.84. The summed E-state index contributed by atoms with van der Waals surface area (Å²) >= 11 is 0. The minimum absolute atomic E-state index is 0. The normalized spacial score (nSPS) is 8.20. The molecule has 1 nitrogen and oxygen atoms in total. The minimum atomic E-state index is 0. The predicted octanol–water partition coefficient (Wildman–Crippen LogP) is -0.959. The zero-order chi connectivity index (χ0) is 6.69. The van der Waals surface area contributed by atoms with Gasteiger partial charge in [0.1, 0.15) is 0 Å². The van der Waals surface area contributed by atoms with Crippen LogP contribution in [0.2, 0.25) is 0 Å². The minimum Gasteiger partial charge on any atom is -1.00 e. The van der Waals surface area contributed by atoms with Crippen LogP contribution in [0.4, 0.5) is 5.69 Å². The van der Waals surface area contributed by atoms with Crippen molar-refractivity contribution in [1.29, 1.82) is 0 Å². The maximum atomic E-state index is 3.07. The van der Waals surface area contributed by atoms with Crippen LogP contribution in [0.1, 0.15) is 5.56 Å². The number of aryl methyl sites for hydroxylation is 1. The van der Waals surface area contributed by atoms with Gasteiger partial charge in [-0.25, -0.2) is 0 Å². The Morgan fingerprint density at radius 2 is 2.00 bits per heavy atom. The van der Waals surface area contributed by atoms with Crippen LogP contribution in [0.3, 0.4) is 0 Å². The quantitative estimate of drug-likeness (QED) is 0.553. The average molecular weight is 157 g/mol. The van der Waals surface area contributed by atoms with Crippen LogP contribution < -0.4 is 17.7 Å². The number of nitrogens with one attached hydrogen (secondary N) is 1. The Bertz CT molecular complexity index is 198. The Labute approximate surface area is 67.9 Å². The van der Waals surface area contributed by atoms with Crippen LogP contribution in [0.15, 0.2) is 24.3 Å². The molecule has 0 saturated heterocycles. The van der Waals surface area contributed by atoms with Crippen molar-refractivity contribution in [2.75, 3.05) is 12.4 Å². The second-order valence-electron chi connectivity index (χ2n) is 2.12. The molecule has 0 spiro atoms. The van der Waals surface area contributed by atoms with Crippen LogP contribution in [0.25, 0.3) is 0 Å². The first kappa shape index (κ1) is 9.31. The van der Waals surface area contributed by atoms with Gasteiger partial charge in [-0.3, -0.25) is 0 Å². The summed E-state index contributed by atoms with van der Waals surface area (Å²) in [6.45, 7) is 2.08. The van der Waals surface area contributed by atoms with Gasteiger partial charge in [0.05, 0.1) is 0 Å². The van der Waals surface area contributed by atoms with E-state index in [9.17, 15) is 0 Å². The second kappa shape index (κ2) is 4.18. The van der Waals surface area contributed by atoms with E-state index < -0.39 is 0 Å². The van der Waals surface area contributed by atoms with E-state index in [0.717, 1.165) is 0 Å². The van der Waals surface area contributed by atoms with Crippen LogP contribution in [0.5, 0.6) is 0 Å². The van der Waals surface area contributed by atoms with E-state index in [2.05, 4.69) is 24.4 Å². The molecule has 0 aliphatic heterocycles.